The maximum absolute atomic E-state index is 14.1. The van der Waals surface area contributed by atoms with E-state index in [1.165, 1.54) is 31.1 Å². The van der Waals surface area contributed by atoms with Crippen molar-refractivity contribution in [1.29, 1.82) is 0 Å². The van der Waals surface area contributed by atoms with E-state index in [0.29, 0.717) is 42.4 Å². The predicted octanol–water partition coefficient (Wildman–Crippen LogP) is 1.74. The smallest absolute Gasteiger partial charge is 0.250 e. The summed E-state index contributed by atoms with van der Waals surface area (Å²) in [5, 5.41) is 0.170. The summed E-state index contributed by atoms with van der Waals surface area (Å²) in [6, 6.07) is 8.97. The number of amides is 2. The number of hydrogen-bond donors (Lipinski definition) is 0. The van der Waals surface area contributed by atoms with Crippen molar-refractivity contribution in [3.05, 3.63) is 51.9 Å². The number of carbonyl (C=O) groups excluding carboxylic acids is 2. The fourth-order valence-corrected chi connectivity index (χ4v) is 6.77. The van der Waals surface area contributed by atoms with Crippen molar-refractivity contribution < 1.29 is 23.8 Å². The Bertz CT molecular complexity index is 1370. The molecule has 2 aromatic rings. The summed E-state index contributed by atoms with van der Waals surface area (Å²) in [6.45, 7) is 2.16. The molecule has 2 saturated heterocycles. The molecule has 2 bridgehead atoms. The molecule has 10 nitrogen and oxygen atoms in total. The first-order valence-corrected chi connectivity index (χ1v) is 13.4. The lowest BCUT2D eigenvalue weighted by molar-refractivity contribution is -0.157. The third-order valence-electron chi connectivity index (χ3n) is 8.33. The molecule has 11 heteroatoms. The van der Waals surface area contributed by atoms with Crippen molar-refractivity contribution >= 4 is 29.1 Å². The number of pyridine rings is 1. The van der Waals surface area contributed by atoms with Crippen molar-refractivity contribution in [3.8, 4) is 17.2 Å². The average molecular weight is 555 g/mol. The molecule has 5 rings (SSSR count). The molecular weight excluding hydrogens is 520 g/mol. The molecule has 2 atom stereocenters. The van der Waals surface area contributed by atoms with Crippen LogP contribution in [-0.4, -0.2) is 91.3 Å². The van der Waals surface area contributed by atoms with Gasteiger partial charge in [-0.1, -0.05) is 12.1 Å². The van der Waals surface area contributed by atoms with Gasteiger partial charge in [-0.15, -0.1) is 0 Å². The minimum absolute atomic E-state index is 0.0158. The van der Waals surface area contributed by atoms with Gasteiger partial charge in [-0.3, -0.25) is 24.2 Å². The van der Waals surface area contributed by atoms with Crippen molar-refractivity contribution in [2.45, 2.75) is 25.3 Å². The number of methoxy groups -OCH3 is 3. The van der Waals surface area contributed by atoms with Gasteiger partial charge in [-0.25, -0.2) is 0 Å². The second-order valence-corrected chi connectivity index (χ2v) is 11.0. The van der Waals surface area contributed by atoms with Crippen LogP contribution in [0, 0.1) is 11.3 Å². The van der Waals surface area contributed by atoms with Crippen molar-refractivity contribution in [1.82, 2.24) is 19.3 Å². The quantitative estimate of drug-likeness (QED) is 0.378. The summed E-state index contributed by atoms with van der Waals surface area (Å²) in [5.41, 5.74) is 0.235. The van der Waals surface area contributed by atoms with Gasteiger partial charge in [0.1, 0.15) is 5.41 Å². The SMILES string of the molecule is COc1ccc(CC2(CN3C[C@H]4C[C@@H](C3)c3cccc(=O)n3C4)C(=O)N(C)C(=S)N(C)C2=O)c(OC)c1OC. The van der Waals surface area contributed by atoms with E-state index in [2.05, 4.69) is 4.90 Å². The highest BCUT2D eigenvalue weighted by molar-refractivity contribution is 7.80. The van der Waals surface area contributed by atoms with Crippen LogP contribution in [0.4, 0.5) is 0 Å². The van der Waals surface area contributed by atoms with Crippen LogP contribution in [0.3, 0.4) is 0 Å². The van der Waals surface area contributed by atoms with Gasteiger partial charge in [0.2, 0.25) is 17.6 Å². The van der Waals surface area contributed by atoms with E-state index < -0.39 is 5.41 Å². The standard InChI is InChI=1S/C28H34N4O6S/c1-29-25(34)28(26(35)30(2)27(29)39,12-18-9-10-21(36-3)24(38-5)23(18)37-4)16-31-13-17-11-19(15-31)20-7-6-8-22(33)32(20)14-17/h6-10,17,19H,11-16H2,1-5H3/t17-,19+/m1/s1. The van der Waals surface area contributed by atoms with Crippen LogP contribution in [0.1, 0.15) is 23.6 Å². The monoisotopic (exact) mass is 554 g/mol. The first-order chi connectivity index (χ1) is 18.6. The van der Waals surface area contributed by atoms with Gasteiger partial charge in [0.15, 0.2) is 16.6 Å². The fourth-order valence-electron chi connectivity index (χ4n) is 6.61. The Kier molecular flexibility index (Phi) is 7.15. The van der Waals surface area contributed by atoms with E-state index >= 15 is 0 Å². The van der Waals surface area contributed by atoms with Crippen LogP contribution < -0.4 is 19.8 Å². The zero-order valence-electron chi connectivity index (χ0n) is 22.9. The summed E-state index contributed by atoms with van der Waals surface area (Å²) in [6.07, 6.45) is 1.07. The van der Waals surface area contributed by atoms with E-state index in [1.54, 1.807) is 32.3 Å². The van der Waals surface area contributed by atoms with Gasteiger partial charge < -0.3 is 23.7 Å². The topological polar surface area (TPSA) is 93.6 Å². The zero-order valence-corrected chi connectivity index (χ0v) is 23.7. The molecule has 1 aromatic heterocycles. The number of ether oxygens (including phenoxy) is 3. The van der Waals surface area contributed by atoms with Crippen LogP contribution in [0.5, 0.6) is 17.2 Å². The van der Waals surface area contributed by atoms with Crippen molar-refractivity contribution in [3.63, 3.8) is 0 Å². The van der Waals surface area contributed by atoms with Gasteiger partial charge in [0, 0.05) is 64.4 Å². The normalized spacial score (nSPS) is 22.5. The molecule has 0 radical (unpaired) electrons. The molecule has 0 saturated carbocycles. The lowest BCUT2D eigenvalue weighted by Gasteiger charge is -2.48. The lowest BCUT2D eigenvalue weighted by Crippen LogP contribution is -2.67. The summed E-state index contributed by atoms with van der Waals surface area (Å²) >= 11 is 5.42. The molecule has 0 N–H and O–H groups in total. The Hall–Kier alpha value is -3.44. The Morgan fingerprint density at radius 2 is 1.59 bits per heavy atom. The minimum Gasteiger partial charge on any atom is -0.493 e. The summed E-state index contributed by atoms with van der Waals surface area (Å²) in [5.74, 6) is 0.995. The number of aromatic nitrogens is 1. The highest BCUT2D eigenvalue weighted by Gasteiger charge is 2.56. The van der Waals surface area contributed by atoms with Gasteiger partial charge >= 0.3 is 0 Å². The van der Waals surface area contributed by atoms with Crippen LogP contribution in [0.15, 0.2) is 35.1 Å². The fraction of sp³-hybridized carbons (Fsp3) is 0.500. The summed E-state index contributed by atoms with van der Waals surface area (Å²) in [7, 11) is 7.81. The van der Waals surface area contributed by atoms with E-state index in [9.17, 15) is 14.4 Å². The highest BCUT2D eigenvalue weighted by atomic mass is 32.1. The lowest BCUT2D eigenvalue weighted by atomic mass is 9.75. The number of benzene rings is 1. The summed E-state index contributed by atoms with van der Waals surface area (Å²) in [4.78, 5) is 45.7. The average Bonchev–Trinajstić information content (AvgIpc) is 2.94. The van der Waals surface area contributed by atoms with E-state index in [-0.39, 0.29) is 47.3 Å². The molecule has 208 valence electrons. The second kappa shape index (κ2) is 10.3. The molecule has 3 aliphatic heterocycles. The largest absolute Gasteiger partial charge is 0.493 e. The molecule has 3 aliphatic rings. The molecular formula is C28H34N4O6S. The summed E-state index contributed by atoms with van der Waals surface area (Å²) < 4.78 is 18.6. The maximum Gasteiger partial charge on any atom is 0.250 e. The van der Waals surface area contributed by atoms with Gasteiger partial charge in [-0.05, 0) is 42.3 Å². The molecule has 2 fully saturated rings. The van der Waals surface area contributed by atoms with Crippen LogP contribution >= 0.6 is 12.2 Å². The number of piperidine rings is 1. The first kappa shape index (κ1) is 27.1. The number of carbonyl (C=O) groups is 2. The first-order valence-electron chi connectivity index (χ1n) is 12.9. The van der Waals surface area contributed by atoms with Crippen molar-refractivity contribution in [2.24, 2.45) is 11.3 Å². The second-order valence-electron chi connectivity index (χ2n) is 10.7. The Balaban J connectivity index is 1.56. The van der Waals surface area contributed by atoms with Gasteiger partial charge in [-0.2, -0.15) is 0 Å². The van der Waals surface area contributed by atoms with E-state index in [4.69, 9.17) is 26.4 Å². The third-order valence-corrected chi connectivity index (χ3v) is 8.88. The number of rotatable bonds is 7. The van der Waals surface area contributed by atoms with E-state index in [0.717, 1.165) is 12.1 Å². The predicted molar refractivity (Wildman–Crippen MR) is 148 cm³/mol. The molecule has 0 unspecified atom stereocenters. The Morgan fingerprint density at radius 1 is 0.897 bits per heavy atom. The van der Waals surface area contributed by atoms with Gasteiger partial charge in [0.05, 0.1) is 21.3 Å². The minimum atomic E-state index is -1.44. The number of fused-ring (bicyclic) bond motifs is 4. The maximum atomic E-state index is 14.1. The number of likely N-dealkylation sites (tertiary alicyclic amines) is 1. The van der Waals surface area contributed by atoms with Gasteiger partial charge in [0.25, 0.3) is 5.56 Å². The highest BCUT2D eigenvalue weighted by Crippen LogP contribution is 2.44. The number of hydrogen-bond acceptors (Lipinski definition) is 8. The molecule has 0 spiro atoms. The number of thiocarbonyl (C=S) groups is 1. The van der Waals surface area contributed by atoms with Crippen LogP contribution in [0.25, 0.3) is 0 Å². The van der Waals surface area contributed by atoms with Crippen LogP contribution in [-0.2, 0) is 22.6 Å². The molecule has 2 amide bonds. The Morgan fingerprint density at radius 3 is 2.23 bits per heavy atom. The number of nitrogens with zero attached hydrogens (tertiary/aromatic N) is 4. The van der Waals surface area contributed by atoms with Crippen molar-refractivity contribution in [2.75, 3.05) is 55.1 Å². The Labute approximate surface area is 233 Å². The third kappa shape index (κ3) is 4.37. The van der Waals surface area contributed by atoms with E-state index in [1.807, 2.05) is 16.7 Å². The molecule has 0 aliphatic carbocycles. The molecule has 1 aromatic carbocycles. The molecule has 39 heavy (non-hydrogen) atoms. The van der Waals surface area contributed by atoms with Crippen LogP contribution in [0.2, 0.25) is 0 Å². The zero-order chi connectivity index (χ0) is 28.1. The molecule has 4 heterocycles.